The number of rotatable bonds is 2. The predicted octanol–water partition coefficient (Wildman–Crippen LogP) is 1.53. The van der Waals surface area contributed by atoms with E-state index in [9.17, 15) is 9.90 Å². The molecule has 0 aromatic heterocycles. The zero-order chi connectivity index (χ0) is 14.3. The van der Waals surface area contributed by atoms with Crippen LogP contribution in [0.2, 0.25) is 0 Å². The molecule has 0 spiro atoms. The molecule has 3 rings (SSSR count). The van der Waals surface area contributed by atoms with Gasteiger partial charge in [-0.3, -0.25) is 4.79 Å². The van der Waals surface area contributed by atoms with Gasteiger partial charge in [0.05, 0.1) is 13.2 Å². The quantitative estimate of drug-likeness (QED) is 0.890. The number of ether oxygens (including phenoxy) is 1. The van der Waals surface area contributed by atoms with Gasteiger partial charge in [-0.2, -0.15) is 0 Å². The number of hydrogen-bond acceptors (Lipinski definition) is 3. The Labute approximate surface area is 119 Å². The van der Waals surface area contributed by atoms with Crippen LogP contribution in [0.5, 0.6) is 0 Å². The molecule has 2 aliphatic rings. The lowest BCUT2D eigenvalue weighted by atomic mass is 9.92. The Kier molecular flexibility index (Phi) is 3.30. The minimum absolute atomic E-state index is 0.00575. The van der Waals surface area contributed by atoms with Crippen molar-refractivity contribution in [1.82, 2.24) is 4.90 Å². The van der Waals surface area contributed by atoms with Crippen molar-refractivity contribution >= 4 is 5.91 Å². The second kappa shape index (κ2) is 4.86. The summed E-state index contributed by atoms with van der Waals surface area (Å²) < 4.78 is 5.75. The highest BCUT2D eigenvalue weighted by atomic mass is 16.5. The van der Waals surface area contributed by atoms with E-state index in [4.69, 9.17) is 4.74 Å². The van der Waals surface area contributed by atoms with Crippen LogP contribution >= 0.6 is 0 Å². The normalized spacial score (nSPS) is 28.8. The van der Waals surface area contributed by atoms with E-state index >= 15 is 0 Å². The molecule has 0 radical (unpaired) electrons. The number of likely N-dealkylation sites (tertiary alicyclic amines) is 1. The van der Waals surface area contributed by atoms with Gasteiger partial charge in [-0.15, -0.1) is 0 Å². The molecule has 2 heterocycles. The first kappa shape index (κ1) is 13.6. The number of carbonyl (C=O) groups is 1. The van der Waals surface area contributed by atoms with Crippen LogP contribution in [-0.4, -0.2) is 47.8 Å². The van der Waals surface area contributed by atoms with Gasteiger partial charge in [0.2, 0.25) is 0 Å². The third-order valence-corrected chi connectivity index (χ3v) is 4.75. The van der Waals surface area contributed by atoms with E-state index in [1.165, 1.54) is 0 Å². The lowest BCUT2D eigenvalue weighted by Crippen LogP contribution is -2.41. The van der Waals surface area contributed by atoms with Gasteiger partial charge < -0.3 is 14.7 Å². The maximum Gasteiger partial charge on any atom is 0.254 e. The standard InChI is InChI=1S/C16H21NO3/c1-11-4-3-5-12(2)14(11)15(19)17-8-13-6-7-20-16(13,9-17)10-18/h3-5,13,18H,6-10H2,1-2H3/t13-,16-/m0/s1. The van der Waals surface area contributed by atoms with E-state index in [0.717, 1.165) is 23.1 Å². The van der Waals surface area contributed by atoms with Crippen LogP contribution < -0.4 is 0 Å². The average molecular weight is 275 g/mol. The molecule has 2 atom stereocenters. The lowest BCUT2D eigenvalue weighted by molar-refractivity contribution is -0.0446. The van der Waals surface area contributed by atoms with Gasteiger partial charge in [-0.05, 0) is 31.4 Å². The first-order valence-electron chi connectivity index (χ1n) is 7.18. The number of nitrogens with zero attached hydrogens (tertiary/aromatic N) is 1. The predicted molar refractivity (Wildman–Crippen MR) is 75.7 cm³/mol. The maximum atomic E-state index is 12.8. The molecule has 1 N–H and O–H groups in total. The number of hydrogen-bond donors (Lipinski definition) is 1. The summed E-state index contributed by atoms with van der Waals surface area (Å²) in [5.74, 6) is 0.326. The van der Waals surface area contributed by atoms with Crippen molar-refractivity contribution < 1.29 is 14.6 Å². The van der Waals surface area contributed by atoms with Crippen molar-refractivity contribution in [1.29, 1.82) is 0 Å². The van der Waals surface area contributed by atoms with Crippen molar-refractivity contribution in [2.24, 2.45) is 5.92 Å². The Hall–Kier alpha value is -1.39. The highest BCUT2D eigenvalue weighted by molar-refractivity contribution is 5.97. The molecule has 0 aliphatic carbocycles. The molecule has 1 aromatic carbocycles. The molecular weight excluding hydrogens is 254 g/mol. The van der Waals surface area contributed by atoms with Gasteiger partial charge in [0, 0.05) is 24.6 Å². The molecule has 0 saturated carbocycles. The fourth-order valence-electron chi connectivity index (χ4n) is 3.56. The van der Waals surface area contributed by atoms with Gasteiger partial charge in [-0.1, -0.05) is 18.2 Å². The van der Waals surface area contributed by atoms with E-state index in [1.807, 2.05) is 36.9 Å². The number of amides is 1. The van der Waals surface area contributed by atoms with Gasteiger partial charge in [-0.25, -0.2) is 0 Å². The average Bonchev–Trinajstić information content (AvgIpc) is 2.95. The Bertz CT molecular complexity index is 522. The smallest absolute Gasteiger partial charge is 0.254 e. The molecule has 1 amide bonds. The molecule has 4 nitrogen and oxygen atoms in total. The van der Waals surface area contributed by atoms with Crippen LogP contribution in [0.25, 0.3) is 0 Å². The number of aliphatic hydroxyl groups excluding tert-OH is 1. The maximum absolute atomic E-state index is 12.8. The summed E-state index contributed by atoms with van der Waals surface area (Å²) in [5.41, 5.74) is 2.28. The monoisotopic (exact) mass is 275 g/mol. The Balaban J connectivity index is 1.87. The largest absolute Gasteiger partial charge is 0.393 e. The van der Waals surface area contributed by atoms with E-state index in [-0.39, 0.29) is 18.4 Å². The first-order valence-corrected chi connectivity index (χ1v) is 7.18. The number of aliphatic hydroxyl groups is 1. The number of aryl methyl sites for hydroxylation is 2. The third-order valence-electron chi connectivity index (χ3n) is 4.75. The number of fused-ring (bicyclic) bond motifs is 1. The summed E-state index contributed by atoms with van der Waals surface area (Å²) in [6.45, 7) is 5.81. The van der Waals surface area contributed by atoms with Crippen molar-refractivity contribution in [3.8, 4) is 0 Å². The van der Waals surface area contributed by atoms with Crippen molar-refractivity contribution in [3.05, 3.63) is 34.9 Å². The summed E-state index contributed by atoms with van der Waals surface area (Å²) in [5, 5.41) is 9.64. The van der Waals surface area contributed by atoms with Gasteiger partial charge in [0.1, 0.15) is 5.60 Å². The molecule has 20 heavy (non-hydrogen) atoms. The van der Waals surface area contributed by atoms with E-state index < -0.39 is 5.60 Å². The molecule has 2 saturated heterocycles. The van der Waals surface area contributed by atoms with E-state index in [0.29, 0.717) is 19.7 Å². The molecular formula is C16H21NO3. The van der Waals surface area contributed by atoms with Crippen molar-refractivity contribution in [2.75, 3.05) is 26.3 Å². The summed E-state index contributed by atoms with van der Waals surface area (Å²) in [6, 6.07) is 5.91. The van der Waals surface area contributed by atoms with Crippen molar-refractivity contribution in [2.45, 2.75) is 25.9 Å². The summed E-state index contributed by atoms with van der Waals surface area (Å²) in [6.07, 6.45) is 0.928. The summed E-state index contributed by atoms with van der Waals surface area (Å²) >= 11 is 0. The lowest BCUT2D eigenvalue weighted by Gasteiger charge is -2.25. The fraction of sp³-hybridized carbons (Fsp3) is 0.562. The fourth-order valence-corrected chi connectivity index (χ4v) is 3.56. The SMILES string of the molecule is Cc1cccc(C)c1C(=O)N1C[C@@H]2CCO[C@]2(CO)C1. The summed E-state index contributed by atoms with van der Waals surface area (Å²) in [4.78, 5) is 14.6. The minimum atomic E-state index is -0.522. The Morgan fingerprint density at radius 2 is 2.15 bits per heavy atom. The topological polar surface area (TPSA) is 49.8 Å². The van der Waals surface area contributed by atoms with Crippen LogP contribution in [0.3, 0.4) is 0 Å². The second-order valence-corrected chi connectivity index (χ2v) is 6.01. The molecule has 0 unspecified atom stereocenters. The summed E-state index contributed by atoms with van der Waals surface area (Å²) in [7, 11) is 0. The molecule has 2 fully saturated rings. The van der Waals surface area contributed by atoms with Crippen LogP contribution in [0.4, 0.5) is 0 Å². The third kappa shape index (κ3) is 1.95. The number of carbonyl (C=O) groups excluding carboxylic acids is 1. The molecule has 1 aromatic rings. The first-order chi connectivity index (χ1) is 9.57. The minimum Gasteiger partial charge on any atom is -0.393 e. The number of benzene rings is 1. The van der Waals surface area contributed by atoms with Gasteiger partial charge >= 0.3 is 0 Å². The van der Waals surface area contributed by atoms with Crippen LogP contribution in [0, 0.1) is 19.8 Å². The Morgan fingerprint density at radius 3 is 2.75 bits per heavy atom. The highest BCUT2D eigenvalue weighted by Crippen LogP contribution is 2.39. The molecule has 108 valence electrons. The van der Waals surface area contributed by atoms with Crippen molar-refractivity contribution in [3.63, 3.8) is 0 Å². The van der Waals surface area contributed by atoms with Gasteiger partial charge in [0.25, 0.3) is 5.91 Å². The van der Waals surface area contributed by atoms with Crippen LogP contribution in [-0.2, 0) is 4.74 Å². The zero-order valence-corrected chi connectivity index (χ0v) is 12.1. The molecule has 0 bridgehead atoms. The van der Waals surface area contributed by atoms with E-state index in [2.05, 4.69) is 0 Å². The second-order valence-electron chi connectivity index (χ2n) is 6.01. The zero-order valence-electron chi connectivity index (χ0n) is 12.1. The van der Waals surface area contributed by atoms with Crippen LogP contribution in [0.15, 0.2) is 18.2 Å². The van der Waals surface area contributed by atoms with E-state index in [1.54, 1.807) is 0 Å². The Morgan fingerprint density at radius 1 is 1.45 bits per heavy atom. The van der Waals surface area contributed by atoms with Crippen LogP contribution in [0.1, 0.15) is 27.9 Å². The molecule has 2 aliphatic heterocycles. The molecule has 4 heteroatoms. The highest BCUT2D eigenvalue weighted by Gasteiger charge is 2.52. The van der Waals surface area contributed by atoms with Gasteiger partial charge in [0.15, 0.2) is 0 Å².